The van der Waals surface area contributed by atoms with Crippen molar-refractivity contribution in [1.82, 2.24) is 30.5 Å². The Morgan fingerprint density at radius 1 is 1.00 bits per heavy atom. The van der Waals surface area contributed by atoms with Crippen molar-refractivity contribution >= 4 is 23.2 Å². The molecule has 1 aliphatic rings. The number of aromatic nitrogens is 5. The zero-order valence-electron chi connectivity index (χ0n) is 20.9. The van der Waals surface area contributed by atoms with Gasteiger partial charge in [-0.1, -0.05) is 30.3 Å². The Hall–Kier alpha value is -5.16. The summed E-state index contributed by atoms with van der Waals surface area (Å²) in [5, 5.41) is 28.1. The number of nitrogens with one attached hydrogen (secondary N) is 3. The minimum Gasteiger partial charge on any atom is -0.416 e. The van der Waals surface area contributed by atoms with E-state index in [-0.39, 0.29) is 24.4 Å². The van der Waals surface area contributed by atoms with Crippen LogP contribution in [0.15, 0.2) is 83.7 Å². The van der Waals surface area contributed by atoms with E-state index >= 15 is 0 Å². The van der Waals surface area contributed by atoms with Gasteiger partial charge < -0.3 is 25.5 Å². The van der Waals surface area contributed by atoms with Crippen LogP contribution in [-0.2, 0) is 0 Å². The first-order chi connectivity index (χ1) is 19.1. The average Bonchev–Trinajstić information content (AvgIpc) is 3.57. The number of aliphatic hydroxyl groups is 1. The summed E-state index contributed by atoms with van der Waals surface area (Å²) < 4.78 is 5.97. The van der Waals surface area contributed by atoms with Crippen LogP contribution >= 0.6 is 0 Å². The lowest BCUT2D eigenvalue weighted by Gasteiger charge is -2.20. The topological polar surface area (TPSA) is 151 Å². The highest BCUT2D eigenvalue weighted by Gasteiger charge is 2.27. The van der Waals surface area contributed by atoms with Gasteiger partial charge in [0.25, 0.3) is 11.8 Å². The summed E-state index contributed by atoms with van der Waals surface area (Å²) in [5.74, 6) is 1.49. The summed E-state index contributed by atoms with van der Waals surface area (Å²) in [6.07, 6.45) is 4.93. The van der Waals surface area contributed by atoms with Gasteiger partial charge in [-0.05, 0) is 36.8 Å². The fourth-order valence-electron chi connectivity index (χ4n) is 4.40. The molecule has 39 heavy (non-hydrogen) atoms. The van der Waals surface area contributed by atoms with Crippen LogP contribution in [0.2, 0.25) is 0 Å². The van der Waals surface area contributed by atoms with Gasteiger partial charge in [-0.3, -0.25) is 9.78 Å². The highest BCUT2D eigenvalue weighted by atomic mass is 16.4. The maximum atomic E-state index is 12.1. The van der Waals surface area contributed by atoms with Crippen molar-refractivity contribution in [3.63, 3.8) is 0 Å². The molecule has 0 spiro atoms. The zero-order valence-corrected chi connectivity index (χ0v) is 20.9. The molecule has 4 N–H and O–H groups in total. The number of carbonyl (C=O) groups is 1. The third kappa shape index (κ3) is 4.90. The van der Waals surface area contributed by atoms with E-state index in [4.69, 9.17) is 4.42 Å². The van der Waals surface area contributed by atoms with Gasteiger partial charge in [-0.25, -0.2) is 9.97 Å². The Kier molecular flexibility index (Phi) is 6.39. The lowest BCUT2D eigenvalue weighted by molar-refractivity contribution is 0.0958. The fourth-order valence-corrected chi connectivity index (χ4v) is 4.40. The fraction of sp³-hybridized carbons (Fsp3) is 0.143. The molecule has 1 amide bonds. The van der Waals surface area contributed by atoms with Crippen LogP contribution in [0.25, 0.3) is 22.9 Å². The second-order valence-electron chi connectivity index (χ2n) is 9.01. The van der Waals surface area contributed by atoms with Crippen molar-refractivity contribution in [2.24, 2.45) is 0 Å². The van der Waals surface area contributed by atoms with Gasteiger partial charge >= 0.3 is 0 Å². The van der Waals surface area contributed by atoms with E-state index in [9.17, 15) is 9.90 Å². The number of hydrogen-bond donors (Lipinski definition) is 4. The molecule has 1 unspecified atom stereocenters. The number of amides is 1. The van der Waals surface area contributed by atoms with E-state index in [0.29, 0.717) is 45.6 Å². The standard InChI is InChI=1S/C28H24N8O3/c1-16-25-19(26(38)31-16)9-10-23(34-25)33-24-12-21(32-22(15-37)17-6-3-2-4-7-17)20(14-30-24)28-36-35-27(39-28)18-8-5-11-29-13-18/h2-14,16,22,37H,15H2,1H3,(H,31,38)(H2,30,32,33,34)/t16?,22-/m1/s1. The molecule has 0 aliphatic carbocycles. The number of hydrogen-bond acceptors (Lipinski definition) is 10. The molecule has 11 heteroatoms. The molecule has 5 heterocycles. The van der Waals surface area contributed by atoms with Crippen LogP contribution in [0, 0.1) is 0 Å². The van der Waals surface area contributed by atoms with Crippen LogP contribution in [-0.4, -0.2) is 42.8 Å². The predicted octanol–water partition coefficient (Wildman–Crippen LogP) is 4.28. The molecule has 0 fully saturated rings. The normalized spacial score (nSPS) is 14.9. The van der Waals surface area contributed by atoms with E-state index in [1.54, 1.807) is 42.9 Å². The number of nitrogens with zero attached hydrogens (tertiary/aromatic N) is 5. The molecule has 0 radical (unpaired) electrons. The number of benzene rings is 1. The Morgan fingerprint density at radius 3 is 2.64 bits per heavy atom. The van der Waals surface area contributed by atoms with Gasteiger partial charge in [0.1, 0.15) is 11.6 Å². The summed E-state index contributed by atoms with van der Waals surface area (Å²) >= 11 is 0. The monoisotopic (exact) mass is 520 g/mol. The number of carbonyl (C=O) groups excluding carboxylic acids is 1. The first-order valence-electron chi connectivity index (χ1n) is 12.3. The maximum Gasteiger partial charge on any atom is 0.253 e. The summed E-state index contributed by atoms with van der Waals surface area (Å²) in [6.45, 7) is 1.74. The molecule has 5 aromatic rings. The molecular formula is C28H24N8O3. The molecular weight excluding hydrogens is 496 g/mol. The van der Waals surface area contributed by atoms with Crippen molar-refractivity contribution in [3.8, 4) is 22.9 Å². The zero-order chi connectivity index (χ0) is 26.8. The molecule has 1 aromatic carbocycles. The molecule has 0 saturated carbocycles. The molecule has 0 bridgehead atoms. The van der Waals surface area contributed by atoms with Crippen LogP contribution in [0.5, 0.6) is 0 Å². The predicted molar refractivity (Wildman–Crippen MR) is 144 cm³/mol. The Bertz CT molecular complexity index is 1620. The number of fused-ring (bicyclic) bond motifs is 1. The molecule has 1 aliphatic heterocycles. The minimum absolute atomic E-state index is 0.133. The summed E-state index contributed by atoms with van der Waals surface area (Å²) in [7, 11) is 0. The second-order valence-corrected chi connectivity index (χ2v) is 9.01. The molecule has 4 aromatic heterocycles. The average molecular weight is 521 g/mol. The first-order valence-corrected chi connectivity index (χ1v) is 12.3. The van der Waals surface area contributed by atoms with E-state index < -0.39 is 6.04 Å². The molecule has 2 atom stereocenters. The number of pyridine rings is 3. The van der Waals surface area contributed by atoms with Crippen molar-refractivity contribution in [2.75, 3.05) is 17.2 Å². The summed E-state index contributed by atoms with van der Waals surface area (Å²) in [6, 6.07) is 17.9. The Balaban J connectivity index is 1.36. The smallest absolute Gasteiger partial charge is 0.253 e. The number of anilines is 3. The largest absolute Gasteiger partial charge is 0.416 e. The summed E-state index contributed by atoms with van der Waals surface area (Å²) in [4.78, 5) is 25.3. The van der Waals surface area contributed by atoms with E-state index in [1.807, 2.05) is 43.3 Å². The highest BCUT2D eigenvalue weighted by Crippen LogP contribution is 2.34. The molecule has 11 nitrogen and oxygen atoms in total. The van der Waals surface area contributed by atoms with Crippen LogP contribution in [0.1, 0.15) is 40.6 Å². The van der Waals surface area contributed by atoms with Crippen molar-refractivity contribution in [2.45, 2.75) is 19.0 Å². The SMILES string of the molecule is CC1NC(=O)c2ccc(Nc3cc(N[C@H](CO)c4ccccc4)c(-c4nnc(-c5cccnc5)o4)cn3)nc21. The van der Waals surface area contributed by atoms with Crippen LogP contribution in [0.3, 0.4) is 0 Å². The van der Waals surface area contributed by atoms with Gasteiger partial charge in [0.15, 0.2) is 0 Å². The van der Waals surface area contributed by atoms with Crippen molar-refractivity contribution in [1.29, 1.82) is 0 Å². The third-order valence-corrected chi connectivity index (χ3v) is 6.37. The molecule has 6 rings (SSSR count). The van der Waals surface area contributed by atoms with Crippen molar-refractivity contribution < 1.29 is 14.3 Å². The lowest BCUT2D eigenvalue weighted by atomic mass is 10.1. The minimum atomic E-state index is -0.406. The second kappa shape index (κ2) is 10.3. The Labute approximate surface area is 223 Å². The third-order valence-electron chi connectivity index (χ3n) is 6.37. The highest BCUT2D eigenvalue weighted by molar-refractivity contribution is 5.98. The summed E-state index contributed by atoms with van der Waals surface area (Å²) in [5.41, 5.74) is 4.02. The van der Waals surface area contributed by atoms with Gasteiger partial charge in [0, 0.05) is 24.7 Å². The van der Waals surface area contributed by atoms with Gasteiger partial charge in [0.05, 0.1) is 46.8 Å². The number of rotatable bonds is 8. The van der Waals surface area contributed by atoms with Crippen LogP contribution < -0.4 is 16.0 Å². The van der Waals surface area contributed by atoms with Gasteiger partial charge in [-0.15, -0.1) is 10.2 Å². The lowest BCUT2D eigenvalue weighted by Crippen LogP contribution is -2.16. The van der Waals surface area contributed by atoms with E-state index in [0.717, 1.165) is 5.56 Å². The Morgan fingerprint density at radius 2 is 1.85 bits per heavy atom. The van der Waals surface area contributed by atoms with Gasteiger partial charge in [-0.2, -0.15) is 0 Å². The molecule has 0 saturated heterocycles. The maximum absolute atomic E-state index is 12.1. The van der Waals surface area contributed by atoms with Gasteiger partial charge in [0.2, 0.25) is 5.89 Å². The molecule has 194 valence electrons. The quantitative estimate of drug-likeness (QED) is 0.233. The van der Waals surface area contributed by atoms with Crippen molar-refractivity contribution in [3.05, 3.63) is 96.1 Å². The first kappa shape index (κ1) is 24.2. The van der Waals surface area contributed by atoms with E-state index in [1.165, 1.54) is 0 Å². The van der Waals surface area contributed by atoms with E-state index in [2.05, 4.69) is 41.1 Å². The van der Waals surface area contributed by atoms with Crippen LogP contribution in [0.4, 0.5) is 17.3 Å². The number of aliphatic hydroxyl groups excluding tert-OH is 1.